The Labute approximate surface area is 108 Å². The van der Waals surface area contributed by atoms with Gasteiger partial charge in [0.25, 0.3) is 0 Å². The molecule has 2 amide bonds. The number of amides is 2. The van der Waals surface area contributed by atoms with E-state index < -0.39 is 6.03 Å². The quantitative estimate of drug-likeness (QED) is 0.547. The van der Waals surface area contributed by atoms with Gasteiger partial charge in [0.05, 0.1) is 5.69 Å². The smallest absolute Gasteiger partial charge is 0.348 e. The molecule has 88 valence electrons. The molecule has 0 aliphatic carbocycles. The van der Waals surface area contributed by atoms with Crippen LogP contribution >= 0.6 is 28.3 Å². The van der Waals surface area contributed by atoms with E-state index in [2.05, 4.69) is 26.2 Å². The number of halogens is 2. The Morgan fingerprint density at radius 3 is 2.56 bits per heavy atom. The van der Waals surface area contributed by atoms with E-state index in [0.717, 1.165) is 10.0 Å². The molecule has 0 bridgehead atoms. The summed E-state index contributed by atoms with van der Waals surface area (Å²) < 4.78 is 0.779. The van der Waals surface area contributed by atoms with Crippen molar-refractivity contribution in [3.8, 4) is 0 Å². The first-order valence-electron chi connectivity index (χ1n) is 4.16. The van der Waals surface area contributed by atoms with Gasteiger partial charge in [0.2, 0.25) is 0 Å². The number of nitrogens with two attached hydrogens (primary N) is 2. The van der Waals surface area contributed by atoms with Gasteiger partial charge in [-0.3, -0.25) is 0 Å². The molecule has 0 unspecified atom stereocenters. The standard InChI is InChI=1S/C9H11BrN4O.ClH/c1-5-3-2-4-6(10)7(5)13-9(15)14-8(11)12;/h2-4H,1H3,(H5,11,12,13,14,15);1H. The lowest BCUT2D eigenvalue weighted by Crippen LogP contribution is -2.25. The lowest BCUT2D eigenvalue weighted by Gasteiger charge is -2.07. The van der Waals surface area contributed by atoms with Gasteiger partial charge in [-0.05, 0) is 34.5 Å². The third-order valence-corrected chi connectivity index (χ3v) is 2.35. The van der Waals surface area contributed by atoms with Gasteiger partial charge in [-0.15, -0.1) is 12.4 Å². The number of guanidine groups is 1. The fraction of sp³-hybridized carbons (Fsp3) is 0.111. The van der Waals surface area contributed by atoms with Gasteiger partial charge in [-0.2, -0.15) is 4.99 Å². The molecule has 0 saturated heterocycles. The molecule has 0 atom stereocenters. The number of aryl methyl sites for hydroxylation is 1. The van der Waals surface area contributed by atoms with Crippen LogP contribution in [0, 0.1) is 6.92 Å². The number of rotatable bonds is 1. The molecule has 0 aliphatic rings. The number of aliphatic imine (C=N–C) groups is 1. The molecule has 1 aromatic carbocycles. The number of carbonyl (C=O) groups is 1. The van der Waals surface area contributed by atoms with Crippen LogP contribution in [0.25, 0.3) is 0 Å². The molecule has 1 rings (SSSR count). The third kappa shape index (κ3) is 4.08. The number of nitrogens with zero attached hydrogens (tertiary/aromatic N) is 1. The van der Waals surface area contributed by atoms with Crippen molar-refractivity contribution in [2.45, 2.75) is 6.92 Å². The van der Waals surface area contributed by atoms with E-state index in [1.54, 1.807) is 0 Å². The first-order valence-corrected chi connectivity index (χ1v) is 4.95. The number of carbonyl (C=O) groups excluding carboxylic acids is 1. The van der Waals surface area contributed by atoms with Crippen LogP contribution in [-0.4, -0.2) is 12.0 Å². The van der Waals surface area contributed by atoms with Gasteiger partial charge in [-0.1, -0.05) is 12.1 Å². The largest absolute Gasteiger partial charge is 0.370 e. The predicted octanol–water partition coefficient (Wildman–Crippen LogP) is 1.98. The lowest BCUT2D eigenvalue weighted by molar-refractivity contribution is 0.259. The zero-order valence-corrected chi connectivity index (χ0v) is 10.9. The summed E-state index contributed by atoms with van der Waals surface area (Å²) in [5.41, 5.74) is 11.7. The van der Waals surface area contributed by atoms with Crippen LogP contribution in [0.3, 0.4) is 0 Å². The van der Waals surface area contributed by atoms with Crippen molar-refractivity contribution in [3.05, 3.63) is 28.2 Å². The Balaban J connectivity index is 0.00000225. The Kier molecular flexibility index (Phi) is 5.84. The SMILES string of the molecule is Cc1cccc(Br)c1NC(=O)N=C(N)N.Cl. The van der Waals surface area contributed by atoms with E-state index in [0.29, 0.717) is 5.69 Å². The molecule has 16 heavy (non-hydrogen) atoms. The summed E-state index contributed by atoms with van der Waals surface area (Å²) in [5.74, 6) is -0.266. The molecule has 0 heterocycles. The molecule has 1 aromatic rings. The maximum absolute atomic E-state index is 11.2. The molecule has 0 aliphatic heterocycles. The molecule has 0 aromatic heterocycles. The number of hydrogen-bond acceptors (Lipinski definition) is 1. The Morgan fingerprint density at radius 1 is 1.44 bits per heavy atom. The molecule has 7 heteroatoms. The van der Waals surface area contributed by atoms with Crippen LogP contribution in [-0.2, 0) is 0 Å². The average Bonchev–Trinajstić information content (AvgIpc) is 2.10. The monoisotopic (exact) mass is 306 g/mol. The van der Waals surface area contributed by atoms with Crippen molar-refractivity contribution < 1.29 is 4.79 Å². The van der Waals surface area contributed by atoms with Crippen molar-refractivity contribution in [1.29, 1.82) is 0 Å². The summed E-state index contributed by atoms with van der Waals surface area (Å²) in [7, 11) is 0. The summed E-state index contributed by atoms with van der Waals surface area (Å²) in [4.78, 5) is 14.6. The number of hydrogen-bond donors (Lipinski definition) is 3. The van der Waals surface area contributed by atoms with E-state index in [9.17, 15) is 4.79 Å². The molecule has 5 N–H and O–H groups in total. The van der Waals surface area contributed by atoms with Crippen LogP contribution in [0.5, 0.6) is 0 Å². The zero-order chi connectivity index (χ0) is 11.4. The van der Waals surface area contributed by atoms with Crippen molar-refractivity contribution in [1.82, 2.24) is 0 Å². The van der Waals surface area contributed by atoms with Gasteiger partial charge in [0.1, 0.15) is 0 Å². The summed E-state index contributed by atoms with van der Waals surface area (Å²) in [6.07, 6.45) is 0. The van der Waals surface area contributed by atoms with Crippen LogP contribution < -0.4 is 16.8 Å². The highest BCUT2D eigenvalue weighted by Gasteiger charge is 2.06. The van der Waals surface area contributed by atoms with E-state index in [1.807, 2.05) is 25.1 Å². The minimum Gasteiger partial charge on any atom is -0.370 e. The van der Waals surface area contributed by atoms with Gasteiger partial charge in [0, 0.05) is 4.47 Å². The lowest BCUT2D eigenvalue weighted by atomic mass is 10.2. The van der Waals surface area contributed by atoms with Crippen LogP contribution in [0.4, 0.5) is 10.5 Å². The number of nitrogens with one attached hydrogen (secondary N) is 1. The molecule has 0 spiro atoms. The summed E-state index contributed by atoms with van der Waals surface area (Å²) in [6.45, 7) is 1.87. The second-order valence-electron chi connectivity index (χ2n) is 2.90. The maximum atomic E-state index is 11.2. The van der Waals surface area contributed by atoms with Crippen LogP contribution in [0.2, 0.25) is 0 Å². The number of anilines is 1. The van der Waals surface area contributed by atoms with Crippen LogP contribution in [0.1, 0.15) is 5.56 Å². The van der Waals surface area contributed by atoms with Gasteiger partial charge < -0.3 is 16.8 Å². The van der Waals surface area contributed by atoms with E-state index >= 15 is 0 Å². The maximum Gasteiger partial charge on any atom is 0.348 e. The van der Waals surface area contributed by atoms with Crippen LogP contribution in [0.15, 0.2) is 27.7 Å². The van der Waals surface area contributed by atoms with Gasteiger partial charge in [0.15, 0.2) is 5.96 Å². The Hall–Kier alpha value is -1.27. The van der Waals surface area contributed by atoms with E-state index in [1.165, 1.54) is 0 Å². The number of benzene rings is 1. The van der Waals surface area contributed by atoms with Crippen molar-refractivity contribution >= 4 is 46.0 Å². The topological polar surface area (TPSA) is 93.5 Å². The van der Waals surface area contributed by atoms with Gasteiger partial charge in [-0.25, -0.2) is 4.79 Å². The van der Waals surface area contributed by atoms with Gasteiger partial charge >= 0.3 is 6.03 Å². The van der Waals surface area contributed by atoms with E-state index in [-0.39, 0.29) is 18.4 Å². The normalized spacial score (nSPS) is 8.88. The highest BCUT2D eigenvalue weighted by atomic mass is 79.9. The minimum absolute atomic E-state index is 0. The fourth-order valence-corrected chi connectivity index (χ4v) is 1.61. The molecular formula is C9H12BrClN4O. The highest BCUT2D eigenvalue weighted by molar-refractivity contribution is 9.10. The summed E-state index contributed by atoms with van der Waals surface area (Å²) in [6, 6.07) is 4.97. The molecule has 5 nitrogen and oxygen atoms in total. The molecule has 0 radical (unpaired) electrons. The molecule has 0 saturated carbocycles. The second kappa shape index (κ2) is 6.34. The van der Waals surface area contributed by atoms with Crippen molar-refractivity contribution in [2.75, 3.05) is 5.32 Å². The first kappa shape index (κ1) is 14.7. The highest BCUT2D eigenvalue weighted by Crippen LogP contribution is 2.25. The van der Waals surface area contributed by atoms with E-state index in [4.69, 9.17) is 11.5 Å². The predicted molar refractivity (Wildman–Crippen MR) is 71.0 cm³/mol. The minimum atomic E-state index is -0.593. The average molecular weight is 308 g/mol. The zero-order valence-electron chi connectivity index (χ0n) is 8.53. The number of para-hydroxylation sites is 1. The molecular weight excluding hydrogens is 295 g/mol. The summed E-state index contributed by atoms with van der Waals surface area (Å²) in [5, 5.41) is 2.58. The Morgan fingerprint density at radius 2 is 2.06 bits per heavy atom. The van der Waals surface area contributed by atoms with Crippen molar-refractivity contribution in [2.24, 2.45) is 16.5 Å². The number of urea groups is 1. The van der Waals surface area contributed by atoms with Crippen molar-refractivity contribution in [3.63, 3.8) is 0 Å². The summed E-state index contributed by atoms with van der Waals surface area (Å²) >= 11 is 3.32. The fourth-order valence-electron chi connectivity index (χ4n) is 1.04. The Bertz CT molecular complexity index is 398. The third-order valence-electron chi connectivity index (χ3n) is 1.68. The first-order chi connectivity index (χ1) is 7.00. The molecule has 0 fully saturated rings. The second-order valence-corrected chi connectivity index (χ2v) is 3.75.